The fourth-order valence-electron chi connectivity index (χ4n) is 2.28. The van der Waals surface area contributed by atoms with Crippen molar-refractivity contribution in [3.8, 4) is 0 Å². The molecular formula is C12H19BrN4O. The fraction of sp³-hybridized carbons (Fsp3) is 0.667. The first-order valence-electron chi connectivity index (χ1n) is 5.98. The summed E-state index contributed by atoms with van der Waals surface area (Å²) in [7, 11) is 3.57. The monoisotopic (exact) mass is 314 g/mol. The molecule has 18 heavy (non-hydrogen) atoms. The third kappa shape index (κ3) is 2.31. The first-order valence-corrected chi connectivity index (χ1v) is 6.78. The van der Waals surface area contributed by atoms with Gasteiger partial charge in [-0.2, -0.15) is 4.98 Å². The highest BCUT2D eigenvalue weighted by Crippen LogP contribution is 2.44. The number of hydrogen-bond donors (Lipinski definition) is 2. The van der Waals surface area contributed by atoms with Crippen molar-refractivity contribution in [1.29, 1.82) is 0 Å². The number of hydrogen-bond acceptors (Lipinski definition) is 5. The van der Waals surface area contributed by atoms with Crippen molar-refractivity contribution in [3.63, 3.8) is 0 Å². The Balaban J connectivity index is 2.11. The summed E-state index contributed by atoms with van der Waals surface area (Å²) < 4.78 is 6.32. The minimum atomic E-state index is 0.110. The summed E-state index contributed by atoms with van der Waals surface area (Å²) in [5, 5.41) is 6.39. The number of halogens is 1. The molecule has 2 rings (SSSR count). The molecule has 100 valence electrons. The van der Waals surface area contributed by atoms with Gasteiger partial charge in [-0.3, -0.25) is 0 Å². The Kier molecular flexibility index (Phi) is 3.77. The lowest BCUT2D eigenvalue weighted by Crippen LogP contribution is -2.57. The quantitative estimate of drug-likeness (QED) is 0.894. The molecule has 2 unspecified atom stereocenters. The molecule has 1 aromatic rings. The maximum Gasteiger partial charge on any atom is 0.224 e. The number of rotatable bonds is 4. The SMILES string of the molecule is CNc1ncc(Br)c(NC2CC(OC)C2(C)C)n1. The number of aromatic nitrogens is 2. The Bertz CT molecular complexity index is 438. The average molecular weight is 315 g/mol. The molecular weight excluding hydrogens is 296 g/mol. The van der Waals surface area contributed by atoms with Gasteiger partial charge in [-0.05, 0) is 22.4 Å². The topological polar surface area (TPSA) is 59.1 Å². The van der Waals surface area contributed by atoms with Crippen LogP contribution in [0.3, 0.4) is 0 Å². The molecule has 1 aliphatic carbocycles. The molecule has 0 bridgehead atoms. The van der Waals surface area contributed by atoms with E-state index in [1.165, 1.54) is 0 Å². The molecule has 0 aliphatic heterocycles. The van der Waals surface area contributed by atoms with E-state index in [0.29, 0.717) is 18.1 Å². The van der Waals surface area contributed by atoms with E-state index in [0.717, 1.165) is 16.7 Å². The molecule has 0 radical (unpaired) electrons. The van der Waals surface area contributed by atoms with Gasteiger partial charge in [0, 0.05) is 31.8 Å². The second-order valence-corrected chi connectivity index (χ2v) is 5.97. The predicted octanol–water partition coefficient (Wildman–Crippen LogP) is 2.51. The van der Waals surface area contributed by atoms with Crippen molar-refractivity contribution >= 4 is 27.7 Å². The van der Waals surface area contributed by atoms with Crippen LogP contribution in [-0.4, -0.2) is 36.3 Å². The zero-order valence-electron chi connectivity index (χ0n) is 11.1. The first kappa shape index (κ1) is 13.5. The van der Waals surface area contributed by atoms with Crippen LogP contribution in [0.1, 0.15) is 20.3 Å². The lowest BCUT2D eigenvalue weighted by Gasteiger charge is -2.51. The molecule has 1 fully saturated rings. The summed E-state index contributed by atoms with van der Waals surface area (Å²) in [5.41, 5.74) is 0.110. The molecule has 1 heterocycles. The van der Waals surface area contributed by atoms with Crippen molar-refractivity contribution in [2.45, 2.75) is 32.4 Å². The van der Waals surface area contributed by atoms with Gasteiger partial charge in [0.25, 0.3) is 0 Å². The lowest BCUT2D eigenvalue weighted by atomic mass is 9.64. The van der Waals surface area contributed by atoms with E-state index < -0.39 is 0 Å². The Morgan fingerprint density at radius 1 is 1.50 bits per heavy atom. The van der Waals surface area contributed by atoms with Gasteiger partial charge in [-0.15, -0.1) is 0 Å². The average Bonchev–Trinajstić information content (AvgIpc) is 2.35. The maximum absolute atomic E-state index is 5.45. The van der Waals surface area contributed by atoms with Crippen molar-refractivity contribution < 1.29 is 4.74 Å². The summed E-state index contributed by atoms with van der Waals surface area (Å²) in [5.74, 6) is 1.43. The third-order valence-electron chi connectivity index (χ3n) is 3.74. The number of methoxy groups -OCH3 is 1. The van der Waals surface area contributed by atoms with Gasteiger partial charge in [-0.1, -0.05) is 13.8 Å². The van der Waals surface area contributed by atoms with E-state index >= 15 is 0 Å². The van der Waals surface area contributed by atoms with E-state index in [-0.39, 0.29) is 5.41 Å². The molecule has 1 saturated carbocycles. The standard InChI is InChI=1S/C12H19BrN4O/c1-12(2)8(5-9(12)18-4)16-10-7(13)6-15-11(14-3)17-10/h6,8-9H,5H2,1-4H3,(H2,14,15,16,17). The third-order valence-corrected chi connectivity index (χ3v) is 4.32. The highest BCUT2D eigenvalue weighted by molar-refractivity contribution is 9.10. The molecule has 2 atom stereocenters. The molecule has 0 amide bonds. The van der Waals surface area contributed by atoms with E-state index in [4.69, 9.17) is 4.74 Å². The van der Waals surface area contributed by atoms with Crippen molar-refractivity contribution in [2.75, 3.05) is 24.8 Å². The number of anilines is 2. The highest BCUT2D eigenvalue weighted by atomic mass is 79.9. The summed E-state index contributed by atoms with van der Waals surface area (Å²) in [6.45, 7) is 4.41. The van der Waals surface area contributed by atoms with Gasteiger partial charge in [-0.25, -0.2) is 4.98 Å². The molecule has 2 N–H and O–H groups in total. The van der Waals surface area contributed by atoms with Crippen molar-refractivity contribution in [3.05, 3.63) is 10.7 Å². The largest absolute Gasteiger partial charge is 0.381 e. The molecule has 1 aromatic heterocycles. The molecule has 0 spiro atoms. The maximum atomic E-state index is 5.45. The van der Waals surface area contributed by atoms with Gasteiger partial charge < -0.3 is 15.4 Å². The number of nitrogens with zero attached hydrogens (tertiary/aromatic N) is 2. The van der Waals surface area contributed by atoms with Crippen molar-refractivity contribution in [1.82, 2.24) is 9.97 Å². The van der Waals surface area contributed by atoms with Crippen LogP contribution in [0, 0.1) is 5.41 Å². The van der Waals surface area contributed by atoms with Gasteiger partial charge in [0.1, 0.15) is 5.82 Å². The number of nitrogens with one attached hydrogen (secondary N) is 2. The van der Waals surface area contributed by atoms with Crippen LogP contribution < -0.4 is 10.6 Å². The van der Waals surface area contributed by atoms with Gasteiger partial charge in [0.2, 0.25) is 5.95 Å². The minimum Gasteiger partial charge on any atom is -0.381 e. The van der Waals surface area contributed by atoms with E-state index in [9.17, 15) is 0 Å². The van der Waals surface area contributed by atoms with Crippen LogP contribution in [-0.2, 0) is 4.74 Å². The van der Waals surface area contributed by atoms with Gasteiger partial charge in [0.15, 0.2) is 0 Å². The van der Waals surface area contributed by atoms with Crippen LogP contribution in [0.4, 0.5) is 11.8 Å². The van der Waals surface area contributed by atoms with Crippen LogP contribution in [0.2, 0.25) is 0 Å². The van der Waals surface area contributed by atoms with E-state index in [1.807, 2.05) is 0 Å². The normalized spacial score (nSPS) is 25.4. The van der Waals surface area contributed by atoms with Gasteiger partial charge >= 0.3 is 0 Å². The van der Waals surface area contributed by atoms with Crippen LogP contribution in [0.25, 0.3) is 0 Å². The molecule has 0 aromatic carbocycles. The fourth-order valence-corrected chi connectivity index (χ4v) is 2.59. The van der Waals surface area contributed by atoms with Crippen LogP contribution in [0.5, 0.6) is 0 Å². The second-order valence-electron chi connectivity index (χ2n) is 5.12. The molecule has 0 saturated heterocycles. The first-order chi connectivity index (χ1) is 8.48. The zero-order valence-corrected chi connectivity index (χ0v) is 12.7. The summed E-state index contributed by atoms with van der Waals surface area (Å²) in [6, 6.07) is 0.360. The summed E-state index contributed by atoms with van der Waals surface area (Å²) in [4.78, 5) is 8.55. The predicted molar refractivity (Wildman–Crippen MR) is 75.9 cm³/mol. The van der Waals surface area contributed by atoms with Crippen molar-refractivity contribution in [2.24, 2.45) is 5.41 Å². The highest BCUT2D eigenvalue weighted by Gasteiger charge is 2.48. The summed E-state index contributed by atoms with van der Waals surface area (Å²) in [6.07, 6.45) is 3.05. The second kappa shape index (κ2) is 5.01. The zero-order chi connectivity index (χ0) is 13.3. The smallest absolute Gasteiger partial charge is 0.224 e. The molecule has 1 aliphatic rings. The van der Waals surface area contributed by atoms with E-state index in [1.54, 1.807) is 20.4 Å². The van der Waals surface area contributed by atoms with Gasteiger partial charge in [0.05, 0.1) is 10.6 Å². The lowest BCUT2D eigenvalue weighted by molar-refractivity contribution is -0.0795. The summed E-state index contributed by atoms with van der Waals surface area (Å²) >= 11 is 3.46. The number of ether oxygens (including phenoxy) is 1. The van der Waals surface area contributed by atoms with Crippen LogP contribution >= 0.6 is 15.9 Å². The molecule has 6 heteroatoms. The Morgan fingerprint density at radius 3 is 2.78 bits per heavy atom. The van der Waals surface area contributed by atoms with Crippen LogP contribution in [0.15, 0.2) is 10.7 Å². The Morgan fingerprint density at radius 2 is 2.22 bits per heavy atom. The Hall–Kier alpha value is -0.880. The Labute approximate surface area is 116 Å². The molecule has 5 nitrogen and oxygen atoms in total. The minimum absolute atomic E-state index is 0.110. The van der Waals surface area contributed by atoms with E-state index in [2.05, 4.69) is 50.4 Å².